The molecule has 96 valence electrons. The Hall–Kier alpha value is -1.17. The Morgan fingerprint density at radius 1 is 1.65 bits per heavy atom. The van der Waals surface area contributed by atoms with Crippen molar-refractivity contribution in [2.75, 3.05) is 18.6 Å². The zero-order valence-corrected chi connectivity index (χ0v) is 10.6. The largest absolute Gasteiger partial charge is 0.481 e. The monoisotopic (exact) mass is 259 g/mol. The van der Waals surface area contributed by atoms with Gasteiger partial charge in [-0.1, -0.05) is 12.7 Å². The van der Waals surface area contributed by atoms with Gasteiger partial charge in [0.15, 0.2) is 0 Å². The van der Waals surface area contributed by atoms with Crippen LogP contribution in [0.4, 0.5) is 4.79 Å². The summed E-state index contributed by atoms with van der Waals surface area (Å²) < 4.78 is 4.77. The number of nitrogens with one attached hydrogen (secondary N) is 1. The summed E-state index contributed by atoms with van der Waals surface area (Å²) in [6.07, 6.45) is 3.77. The molecule has 0 aromatic carbocycles. The van der Waals surface area contributed by atoms with Crippen molar-refractivity contribution < 1.29 is 19.4 Å². The summed E-state index contributed by atoms with van der Waals surface area (Å²) in [4.78, 5) is 22.3. The molecule has 0 aromatic heterocycles. The highest BCUT2D eigenvalue weighted by atomic mass is 32.2. The minimum Gasteiger partial charge on any atom is -0.481 e. The molecule has 0 bridgehead atoms. The summed E-state index contributed by atoms with van der Waals surface area (Å²) in [5.74, 6) is -0.216. The summed E-state index contributed by atoms with van der Waals surface area (Å²) in [5.41, 5.74) is -0.685. The second-order valence-corrected chi connectivity index (χ2v) is 5.02. The van der Waals surface area contributed by atoms with E-state index in [-0.39, 0.29) is 12.6 Å². The minimum atomic E-state index is -0.788. The fourth-order valence-corrected chi connectivity index (χ4v) is 2.87. The standard InChI is InChI=1S/C11H17NO4S/c1-3-4-16-10(15)12-8-5-11(6-8,7-17-2)9(13)14/h3,8H,1,4-7H2,2H3,(H,12,15)(H,13,14). The normalized spacial score (nSPS) is 26.8. The van der Waals surface area contributed by atoms with Crippen LogP contribution in [0.3, 0.4) is 0 Å². The van der Waals surface area contributed by atoms with Gasteiger partial charge in [0.05, 0.1) is 5.41 Å². The molecule has 0 heterocycles. The molecule has 0 atom stereocenters. The van der Waals surface area contributed by atoms with E-state index in [1.807, 2.05) is 6.26 Å². The van der Waals surface area contributed by atoms with Gasteiger partial charge in [0.1, 0.15) is 6.61 Å². The van der Waals surface area contributed by atoms with Crippen LogP contribution in [-0.4, -0.2) is 41.8 Å². The Balaban J connectivity index is 2.36. The smallest absolute Gasteiger partial charge is 0.407 e. The molecule has 0 radical (unpaired) electrons. The van der Waals surface area contributed by atoms with E-state index in [0.29, 0.717) is 18.6 Å². The number of hydrogen-bond donors (Lipinski definition) is 2. The number of amides is 1. The van der Waals surface area contributed by atoms with Gasteiger partial charge in [-0.05, 0) is 19.1 Å². The molecule has 1 amide bonds. The molecule has 0 spiro atoms. The van der Waals surface area contributed by atoms with Gasteiger partial charge in [-0.2, -0.15) is 11.8 Å². The molecule has 1 fully saturated rings. The summed E-state index contributed by atoms with van der Waals surface area (Å²) in [6.45, 7) is 3.59. The zero-order valence-electron chi connectivity index (χ0n) is 9.77. The van der Waals surface area contributed by atoms with Gasteiger partial charge < -0.3 is 15.2 Å². The van der Waals surface area contributed by atoms with E-state index >= 15 is 0 Å². The Bertz CT molecular complexity index is 313. The van der Waals surface area contributed by atoms with Gasteiger partial charge in [-0.15, -0.1) is 0 Å². The number of carboxylic acid groups (broad SMARTS) is 1. The lowest BCUT2D eigenvalue weighted by atomic mass is 9.67. The minimum absolute atomic E-state index is 0.101. The Morgan fingerprint density at radius 3 is 2.76 bits per heavy atom. The maximum atomic E-state index is 11.2. The topological polar surface area (TPSA) is 75.6 Å². The summed E-state index contributed by atoms with van der Waals surface area (Å²) in [6, 6.07) is -0.101. The predicted octanol–water partition coefficient (Wildman–Crippen LogP) is 1.50. The second-order valence-electron chi connectivity index (χ2n) is 4.16. The molecule has 0 saturated heterocycles. The van der Waals surface area contributed by atoms with E-state index < -0.39 is 17.5 Å². The fraction of sp³-hybridized carbons (Fsp3) is 0.636. The van der Waals surface area contributed by atoms with Crippen LogP contribution < -0.4 is 5.32 Å². The van der Waals surface area contributed by atoms with Crippen LogP contribution in [0.25, 0.3) is 0 Å². The molecule has 1 rings (SSSR count). The molecule has 1 aliphatic rings. The van der Waals surface area contributed by atoms with Crippen molar-refractivity contribution in [1.29, 1.82) is 0 Å². The number of hydrogen-bond acceptors (Lipinski definition) is 4. The van der Waals surface area contributed by atoms with Crippen molar-refractivity contribution in [3.63, 3.8) is 0 Å². The molecular weight excluding hydrogens is 242 g/mol. The highest BCUT2D eigenvalue weighted by Crippen LogP contribution is 2.43. The molecule has 1 aliphatic carbocycles. The van der Waals surface area contributed by atoms with Crippen molar-refractivity contribution in [2.24, 2.45) is 5.41 Å². The van der Waals surface area contributed by atoms with Crippen LogP contribution in [-0.2, 0) is 9.53 Å². The predicted molar refractivity (Wildman–Crippen MR) is 66.2 cm³/mol. The lowest BCUT2D eigenvalue weighted by Gasteiger charge is -2.43. The third-order valence-electron chi connectivity index (χ3n) is 2.80. The van der Waals surface area contributed by atoms with Gasteiger partial charge >= 0.3 is 12.1 Å². The van der Waals surface area contributed by atoms with Crippen LogP contribution in [0.2, 0.25) is 0 Å². The lowest BCUT2D eigenvalue weighted by Crippen LogP contribution is -2.55. The van der Waals surface area contributed by atoms with E-state index in [1.54, 1.807) is 0 Å². The first-order valence-corrected chi connectivity index (χ1v) is 6.70. The highest BCUT2D eigenvalue weighted by Gasteiger charge is 2.50. The molecule has 6 heteroatoms. The van der Waals surface area contributed by atoms with Crippen molar-refractivity contribution in [3.05, 3.63) is 12.7 Å². The Kier molecular flexibility index (Phi) is 4.86. The molecule has 17 heavy (non-hydrogen) atoms. The van der Waals surface area contributed by atoms with Crippen molar-refractivity contribution in [1.82, 2.24) is 5.32 Å². The van der Waals surface area contributed by atoms with E-state index in [1.165, 1.54) is 17.8 Å². The molecule has 0 aromatic rings. The van der Waals surface area contributed by atoms with Crippen LogP contribution >= 0.6 is 11.8 Å². The first-order valence-electron chi connectivity index (χ1n) is 5.30. The van der Waals surface area contributed by atoms with Crippen molar-refractivity contribution in [2.45, 2.75) is 18.9 Å². The fourth-order valence-electron chi connectivity index (χ4n) is 1.96. The van der Waals surface area contributed by atoms with Crippen LogP contribution in [0.5, 0.6) is 0 Å². The van der Waals surface area contributed by atoms with Crippen LogP contribution in [0.15, 0.2) is 12.7 Å². The van der Waals surface area contributed by atoms with Crippen LogP contribution in [0, 0.1) is 5.41 Å². The van der Waals surface area contributed by atoms with Gasteiger partial charge in [-0.25, -0.2) is 4.79 Å². The Morgan fingerprint density at radius 2 is 2.29 bits per heavy atom. The van der Waals surface area contributed by atoms with E-state index in [2.05, 4.69) is 11.9 Å². The highest BCUT2D eigenvalue weighted by molar-refractivity contribution is 7.98. The van der Waals surface area contributed by atoms with Gasteiger partial charge in [0.2, 0.25) is 0 Å². The number of carbonyl (C=O) groups excluding carboxylic acids is 1. The van der Waals surface area contributed by atoms with Crippen LogP contribution in [0.1, 0.15) is 12.8 Å². The molecule has 2 N–H and O–H groups in total. The molecule has 0 unspecified atom stereocenters. The number of thioether (sulfide) groups is 1. The van der Waals surface area contributed by atoms with E-state index in [4.69, 9.17) is 9.84 Å². The molecule has 0 aliphatic heterocycles. The number of rotatable bonds is 6. The van der Waals surface area contributed by atoms with Crippen molar-refractivity contribution in [3.8, 4) is 0 Å². The summed E-state index contributed by atoms with van der Waals surface area (Å²) in [7, 11) is 0. The first kappa shape index (κ1) is 13.9. The Labute approximate surface area is 105 Å². The number of carboxylic acids is 1. The second kappa shape index (κ2) is 5.95. The SMILES string of the molecule is C=CCOC(=O)NC1CC(CSC)(C(=O)O)C1. The zero-order chi connectivity index (χ0) is 12.9. The van der Waals surface area contributed by atoms with Gasteiger partial charge in [0.25, 0.3) is 0 Å². The summed E-state index contributed by atoms with van der Waals surface area (Å²) >= 11 is 1.51. The first-order chi connectivity index (χ1) is 8.04. The third-order valence-corrected chi connectivity index (χ3v) is 3.64. The van der Waals surface area contributed by atoms with Gasteiger partial charge in [0, 0.05) is 11.8 Å². The average molecular weight is 259 g/mol. The molecular formula is C11H17NO4S. The molecule has 5 nitrogen and oxygen atoms in total. The van der Waals surface area contributed by atoms with Crippen molar-refractivity contribution >= 4 is 23.8 Å². The number of alkyl carbamates (subject to hydrolysis) is 1. The van der Waals surface area contributed by atoms with Gasteiger partial charge in [-0.3, -0.25) is 4.79 Å². The third kappa shape index (κ3) is 3.39. The maximum absolute atomic E-state index is 11.2. The molecule has 1 saturated carbocycles. The maximum Gasteiger partial charge on any atom is 0.407 e. The van der Waals surface area contributed by atoms with E-state index in [0.717, 1.165) is 0 Å². The number of carbonyl (C=O) groups is 2. The number of ether oxygens (including phenoxy) is 1. The quantitative estimate of drug-likeness (QED) is 0.707. The van der Waals surface area contributed by atoms with E-state index in [9.17, 15) is 9.59 Å². The number of aliphatic carboxylic acids is 1. The average Bonchev–Trinajstić information content (AvgIpc) is 2.22. The summed E-state index contributed by atoms with van der Waals surface area (Å²) in [5, 5.41) is 11.8. The lowest BCUT2D eigenvalue weighted by molar-refractivity contribution is -0.153.